The van der Waals surface area contributed by atoms with Gasteiger partial charge in [-0.1, -0.05) is 15.9 Å². The zero-order chi connectivity index (χ0) is 23.0. The van der Waals surface area contributed by atoms with E-state index in [0.717, 1.165) is 34.1 Å². The summed E-state index contributed by atoms with van der Waals surface area (Å²) in [5.41, 5.74) is 1.95. The molecule has 0 saturated heterocycles. The van der Waals surface area contributed by atoms with E-state index in [1.807, 2.05) is 10.8 Å². The summed E-state index contributed by atoms with van der Waals surface area (Å²) in [6.07, 6.45) is -2.51. The molecule has 0 unspecified atom stereocenters. The molecule has 3 aromatic heterocycles. The number of nitrogens with zero attached hydrogens (tertiary/aromatic N) is 4. The minimum atomic E-state index is -4.42. The van der Waals surface area contributed by atoms with E-state index < -0.39 is 11.7 Å². The van der Waals surface area contributed by atoms with Gasteiger partial charge in [0.15, 0.2) is 0 Å². The zero-order valence-corrected chi connectivity index (χ0v) is 18.7. The normalized spacial score (nSPS) is 11.8. The van der Waals surface area contributed by atoms with E-state index in [9.17, 15) is 18.0 Å². The molecule has 0 aliphatic carbocycles. The molecular weight excluding hydrogens is 489 g/mol. The van der Waals surface area contributed by atoms with E-state index in [1.54, 1.807) is 30.7 Å². The molecule has 4 rings (SSSR count). The first kappa shape index (κ1) is 22.1. The Morgan fingerprint density at radius 1 is 1.09 bits per heavy atom. The number of fused-ring (bicyclic) bond motifs is 1. The third-order valence-electron chi connectivity index (χ3n) is 4.96. The van der Waals surface area contributed by atoms with Gasteiger partial charge < -0.3 is 13.9 Å². The molecule has 6 nitrogen and oxygen atoms in total. The zero-order valence-electron chi connectivity index (χ0n) is 17.2. The van der Waals surface area contributed by atoms with Crippen molar-refractivity contribution in [1.82, 2.24) is 19.1 Å². The predicted molar refractivity (Wildman–Crippen MR) is 118 cm³/mol. The lowest BCUT2D eigenvalue weighted by atomic mass is 10.2. The van der Waals surface area contributed by atoms with Crippen LogP contribution in [0.25, 0.3) is 22.3 Å². The second kappa shape index (κ2) is 8.42. The van der Waals surface area contributed by atoms with Gasteiger partial charge in [0.2, 0.25) is 5.88 Å². The summed E-state index contributed by atoms with van der Waals surface area (Å²) >= 11 is 3.44. The second-order valence-electron chi connectivity index (χ2n) is 7.15. The van der Waals surface area contributed by atoms with Crippen LogP contribution in [-0.4, -0.2) is 24.4 Å². The fourth-order valence-corrected chi connectivity index (χ4v) is 3.87. The Morgan fingerprint density at radius 2 is 1.81 bits per heavy atom. The first-order valence-corrected chi connectivity index (χ1v) is 10.8. The average Bonchev–Trinajstić information content (AvgIpc) is 3.09. The molecule has 0 N–H and O–H groups in total. The third kappa shape index (κ3) is 4.27. The van der Waals surface area contributed by atoms with Gasteiger partial charge in [0.1, 0.15) is 11.6 Å². The van der Waals surface area contributed by atoms with Crippen molar-refractivity contribution in [2.45, 2.75) is 19.6 Å². The van der Waals surface area contributed by atoms with Crippen LogP contribution in [-0.2, 0) is 19.8 Å². The minimum absolute atomic E-state index is 0.151. The molecule has 4 aromatic rings. The van der Waals surface area contributed by atoms with Crippen molar-refractivity contribution in [2.75, 3.05) is 5.33 Å². The number of aromatic nitrogens is 4. The Bertz CT molecular complexity index is 1340. The van der Waals surface area contributed by atoms with Crippen LogP contribution in [0.1, 0.15) is 11.4 Å². The topological polar surface area (TPSA) is 61.9 Å². The van der Waals surface area contributed by atoms with E-state index in [-0.39, 0.29) is 17.2 Å². The summed E-state index contributed by atoms with van der Waals surface area (Å²) < 4.78 is 47.7. The van der Waals surface area contributed by atoms with Gasteiger partial charge in [-0.25, -0.2) is 4.98 Å². The Hall–Kier alpha value is -3.14. The number of ether oxygens (including phenoxy) is 1. The third-order valence-corrected chi connectivity index (χ3v) is 5.32. The molecule has 166 valence electrons. The average molecular weight is 507 g/mol. The highest BCUT2D eigenvalue weighted by molar-refractivity contribution is 9.09. The maximum Gasteiger partial charge on any atom is 0.416 e. The summed E-state index contributed by atoms with van der Waals surface area (Å²) in [5, 5.41) is 0.726. The van der Waals surface area contributed by atoms with Crippen molar-refractivity contribution in [2.24, 2.45) is 7.05 Å². The summed E-state index contributed by atoms with van der Waals surface area (Å²) in [6.45, 7) is 2.38. The highest BCUT2D eigenvalue weighted by Crippen LogP contribution is 2.33. The van der Waals surface area contributed by atoms with Crippen molar-refractivity contribution in [3.63, 3.8) is 0 Å². The first-order chi connectivity index (χ1) is 15.2. The van der Waals surface area contributed by atoms with E-state index >= 15 is 0 Å². The fraction of sp³-hybridized carbons (Fsp3) is 0.227. The quantitative estimate of drug-likeness (QED) is 0.344. The lowest BCUT2D eigenvalue weighted by Gasteiger charge is -2.10. The van der Waals surface area contributed by atoms with Crippen molar-refractivity contribution < 1.29 is 17.9 Å². The maximum absolute atomic E-state index is 12.8. The number of rotatable bonds is 5. The SMILES string of the molecule is Cc1nc(Oc2ccc(C(F)(F)F)cc2)cc(-c2cn(CCBr)c3ccc(=O)n(C)c23)n1. The Balaban J connectivity index is 1.77. The van der Waals surface area contributed by atoms with E-state index in [0.29, 0.717) is 18.1 Å². The van der Waals surface area contributed by atoms with E-state index in [4.69, 9.17) is 4.74 Å². The van der Waals surface area contributed by atoms with Crippen LogP contribution in [0.5, 0.6) is 11.6 Å². The van der Waals surface area contributed by atoms with Gasteiger partial charge in [0.05, 0.1) is 22.3 Å². The molecule has 0 amide bonds. The van der Waals surface area contributed by atoms with Crippen LogP contribution in [0.2, 0.25) is 0 Å². The van der Waals surface area contributed by atoms with Crippen LogP contribution >= 0.6 is 15.9 Å². The number of hydrogen-bond donors (Lipinski definition) is 0. The molecule has 0 fully saturated rings. The van der Waals surface area contributed by atoms with Gasteiger partial charge in [-0.3, -0.25) is 4.79 Å². The molecule has 0 atom stereocenters. The monoisotopic (exact) mass is 506 g/mol. The van der Waals surface area contributed by atoms with Gasteiger partial charge in [0, 0.05) is 42.8 Å². The predicted octanol–water partition coefficient (Wildman–Crippen LogP) is 5.31. The molecule has 0 bridgehead atoms. The Labute approximate surface area is 189 Å². The van der Waals surface area contributed by atoms with Gasteiger partial charge in [-0.15, -0.1) is 0 Å². The second-order valence-corrected chi connectivity index (χ2v) is 7.95. The van der Waals surface area contributed by atoms with Crippen LogP contribution in [0.3, 0.4) is 0 Å². The summed E-state index contributed by atoms with van der Waals surface area (Å²) in [7, 11) is 1.69. The molecule has 0 radical (unpaired) electrons. The lowest BCUT2D eigenvalue weighted by Crippen LogP contribution is -2.15. The van der Waals surface area contributed by atoms with Crippen molar-refractivity contribution in [3.8, 4) is 22.9 Å². The number of benzene rings is 1. The van der Waals surface area contributed by atoms with Crippen LogP contribution in [0.15, 0.2) is 53.5 Å². The number of hydrogen-bond acceptors (Lipinski definition) is 4. The summed E-state index contributed by atoms with van der Waals surface area (Å²) in [4.78, 5) is 21.0. The van der Waals surface area contributed by atoms with Gasteiger partial charge in [-0.2, -0.15) is 18.2 Å². The molecule has 32 heavy (non-hydrogen) atoms. The largest absolute Gasteiger partial charge is 0.439 e. The van der Waals surface area contributed by atoms with Gasteiger partial charge >= 0.3 is 6.18 Å². The minimum Gasteiger partial charge on any atom is -0.439 e. The van der Waals surface area contributed by atoms with Crippen molar-refractivity contribution >= 4 is 27.0 Å². The number of aryl methyl sites for hydroxylation is 3. The molecule has 10 heteroatoms. The van der Waals surface area contributed by atoms with E-state index in [2.05, 4.69) is 25.9 Å². The summed E-state index contributed by atoms with van der Waals surface area (Å²) in [5.74, 6) is 0.831. The van der Waals surface area contributed by atoms with Crippen molar-refractivity contribution in [1.29, 1.82) is 0 Å². The molecule has 0 spiro atoms. The number of halogens is 4. The molecule has 0 saturated carbocycles. The Kier molecular flexibility index (Phi) is 5.81. The molecule has 0 aliphatic heterocycles. The van der Waals surface area contributed by atoms with Gasteiger partial charge in [-0.05, 0) is 37.3 Å². The Morgan fingerprint density at radius 3 is 2.47 bits per heavy atom. The standard InChI is InChI=1S/C22H18BrF3N4O2/c1-13-27-17(11-19(28-13)32-15-5-3-14(4-6-15)22(24,25)26)16-12-30(10-9-23)18-7-8-20(31)29(2)21(16)18/h3-8,11-12H,9-10H2,1-2H3. The molecule has 1 aromatic carbocycles. The van der Waals surface area contributed by atoms with Gasteiger partial charge in [0.25, 0.3) is 5.56 Å². The number of pyridine rings is 1. The molecular formula is C22H18BrF3N4O2. The smallest absolute Gasteiger partial charge is 0.416 e. The van der Waals surface area contributed by atoms with Crippen LogP contribution in [0, 0.1) is 6.92 Å². The number of alkyl halides is 4. The van der Waals surface area contributed by atoms with Crippen molar-refractivity contribution in [3.05, 3.63) is 70.4 Å². The van der Waals surface area contributed by atoms with Crippen LogP contribution < -0.4 is 10.3 Å². The molecule has 3 heterocycles. The first-order valence-electron chi connectivity index (χ1n) is 9.63. The highest BCUT2D eigenvalue weighted by Gasteiger charge is 2.30. The van der Waals surface area contributed by atoms with E-state index in [1.165, 1.54) is 18.2 Å². The lowest BCUT2D eigenvalue weighted by molar-refractivity contribution is -0.137. The van der Waals surface area contributed by atoms with Crippen LogP contribution in [0.4, 0.5) is 13.2 Å². The maximum atomic E-state index is 12.8. The highest BCUT2D eigenvalue weighted by atomic mass is 79.9. The summed E-state index contributed by atoms with van der Waals surface area (Å²) in [6, 6.07) is 9.28. The fourth-order valence-electron chi connectivity index (χ4n) is 3.49. The molecule has 0 aliphatic rings.